The van der Waals surface area contributed by atoms with Crippen molar-refractivity contribution >= 4 is 50.7 Å². The number of rotatable bonds is 4. The number of hydrogen-bond donors (Lipinski definition) is 2. The number of nitrogens with zero attached hydrogens (tertiary/aromatic N) is 1. The zero-order valence-electron chi connectivity index (χ0n) is 13.1. The molecule has 2 N–H and O–H groups in total. The highest BCUT2D eigenvalue weighted by Gasteiger charge is 2.15. The van der Waals surface area contributed by atoms with E-state index in [-0.39, 0.29) is 0 Å². The van der Waals surface area contributed by atoms with Crippen LogP contribution in [0.1, 0.15) is 16.6 Å². The molecule has 0 bridgehead atoms. The summed E-state index contributed by atoms with van der Waals surface area (Å²) in [5.41, 5.74) is 5.14. The van der Waals surface area contributed by atoms with Crippen molar-refractivity contribution in [3.05, 3.63) is 41.3 Å². The highest BCUT2D eigenvalue weighted by atomic mass is 32.1. The average Bonchev–Trinajstić information content (AvgIpc) is 3.24. The van der Waals surface area contributed by atoms with Crippen LogP contribution in [0.4, 0.5) is 0 Å². The quantitative estimate of drug-likeness (QED) is 0.539. The molecule has 0 aliphatic heterocycles. The molecule has 0 unspecified atom stereocenters. The number of amides is 2. The van der Waals surface area contributed by atoms with Gasteiger partial charge in [-0.1, -0.05) is 12.1 Å². The fourth-order valence-electron chi connectivity index (χ4n) is 1.94. The van der Waals surface area contributed by atoms with Gasteiger partial charge in [-0.15, -0.1) is 22.7 Å². The summed E-state index contributed by atoms with van der Waals surface area (Å²) < 4.78 is 6.00. The lowest BCUT2D eigenvalue weighted by Crippen LogP contribution is -2.42. The third-order valence-electron chi connectivity index (χ3n) is 3.02. The number of carbonyl (C=O) groups is 3. The van der Waals surface area contributed by atoms with Crippen LogP contribution in [0.2, 0.25) is 0 Å². The van der Waals surface area contributed by atoms with Crippen molar-refractivity contribution in [2.45, 2.75) is 6.92 Å². The Morgan fingerprint density at radius 2 is 1.88 bits per heavy atom. The molecule has 3 rings (SSSR count). The fraction of sp³-hybridized carbons (Fsp3) is 0.125. The monoisotopic (exact) mass is 375 g/mol. The summed E-state index contributed by atoms with van der Waals surface area (Å²) in [5, 5.41) is 0.827. The molecule has 0 aliphatic carbocycles. The Balaban J connectivity index is 1.63. The first-order valence-electron chi connectivity index (χ1n) is 7.21. The number of para-hydroxylation sites is 1. The van der Waals surface area contributed by atoms with Crippen LogP contribution < -0.4 is 10.9 Å². The maximum Gasteiger partial charge on any atom is 0.348 e. The lowest BCUT2D eigenvalue weighted by Gasteiger charge is -2.05. The van der Waals surface area contributed by atoms with E-state index in [2.05, 4.69) is 15.8 Å². The third-order valence-corrected chi connectivity index (χ3v) is 5.30. The molecule has 9 heteroatoms. The smallest absolute Gasteiger partial charge is 0.348 e. The molecule has 2 aromatic heterocycles. The average molecular weight is 375 g/mol. The Bertz CT molecular complexity index is 915. The van der Waals surface area contributed by atoms with Gasteiger partial charge in [-0.05, 0) is 24.3 Å². The Labute approximate surface area is 150 Å². The number of fused-ring (bicyclic) bond motifs is 1. The number of aromatic nitrogens is 1. The molecule has 7 nitrogen and oxygen atoms in total. The Morgan fingerprint density at radius 3 is 2.64 bits per heavy atom. The van der Waals surface area contributed by atoms with Gasteiger partial charge in [0.2, 0.25) is 5.91 Å². The molecule has 0 spiro atoms. The van der Waals surface area contributed by atoms with E-state index in [1.807, 2.05) is 24.3 Å². The number of hydrazine groups is 1. The van der Waals surface area contributed by atoms with Crippen LogP contribution in [0.15, 0.2) is 36.4 Å². The third kappa shape index (κ3) is 4.20. The second kappa shape index (κ2) is 7.41. The van der Waals surface area contributed by atoms with Gasteiger partial charge in [0.05, 0.1) is 15.1 Å². The molecule has 0 atom stereocenters. The molecule has 0 radical (unpaired) electrons. The van der Waals surface area contributed by atoms with Crippen molar-refractivity contribution in [2.75, 3.05) is 6.61 Å². The fourth-order valence-corrected chi connectivity index (χ4v) is 3.86. The Kier molecular flexibility index (Phi) is 5.05. The Morgan fingerprint density at radius 1 is 1.08 bits per heavy atom. The topological polar surface area (TPSA) is 97.4 Å². The lowest BCUT2D eigenvalue weighted by molar-refractivity contribution is -0.129. The summed E-state index contributed by atoms with van der Waals surface area (Å²) in [5.74, 6) is -1.64. The van der Waals surface area contributed by atoms with E-state index < -0.39 is 24.4 Å². The van der Waals surface area contributed by atoms with Crippen LogP contribution in [-0.2, 0) is 14.3 Å². The molecule has 1 aromatic carbocycles. The zero-order chi connectivity index (χ0) is 17.8. The number of esters is 1. The summed E-state index contributed by atoms with van der Waals surface area (Å²) in [6.07, 6.45) is 0. The Hall–Kier alpha value is -2.78. The second-order valence-corrected chi connectivity index (χ2v) is 7.07. The van der Waals surface area contributed by atoms with Crippen LogP contribution in [0.25, 0.3) is 20.1 Å². The predicted molar refractivity (Wildman–Crippen MR) is 95.2 cm³/mol. The molecule has 128 valence electrons. The van der Waals surface area contributed by atoms with Gasteiger partial charge in [-0.25, -0.2) is 9.78 Å². The normalized spacial score (nSPS) is 10.4. The van der Waals surface area contributed by atoms with Gasteiger partial charge >= 0.3 is 5.97 Å². The van der Waals surface area contributed by atoms with E-state index in [1.165, 1.54) is 18.3 Å². The number of hydrogen-bond acceptors (Lipinski definition) is 7. The molecule has 0 saturated heterocycles. The summed E-state index contributed by atoms with van der Waals surface area (Å²) in [7, 11) is 0. The van der Waals surface area contributed by atoms with Gasteiger partial charge in [-0.2, -0.15) is 0 Å². The van der Waals surface area contributed by atoms with Gasteiger partial charge in [0.25, 0.3) is 5.91 Å². The van der Waals surface area contributed by atoms with Crippen molar-refractivity contribution in [3.8, 4) is 9.88 Å². The predicted octanol–water partition coefficient (Wildman–Crippen LogP) is 2.35. The molecule has 0 saturated carbocycles. The van der Waals surface area contributed by atoms with Crippen molar-refractivity contribution < 1.29 is 19.1 Å². The highest BCUT2D eigenvalue weighted by Crippen LogP contribution is 2.34. The van der Waals surface area contributed by atoms with E-state index in [0.29, 0.717) is 4.88 Å². The number of thiophene rings is 1. The van der Waals surface area contributed by atoms with Crippen LogP contribution in [0.3, 0.4) is 0 Å². The maximum atomic E-state index is 12.0. The van der Waals surface area contributed by atoms with Crippen LogP contribution >= 0.6 is 22.7 Å². The van der Waals surface area contributed by atoms with Gasteiger partial charge in [0.1, 0.15) is 9.88 Å². The van der Waals surface area contributed by atoms with Crippen molar-refractivity contribution in [3.63, 3.8) is 0 Å². The first kappa shape index (κ1) is 17.1. The second-order valence-electron chi connectivity index (χ2n) is 4.96. The largest absolute Gasteiger partial charge is 0.451 e. The van der Waals surface area contributed by atoms with Gasteiger partial charge < -0.3 is 4.74 Å². The zero-order valence-corrected chi connectivity index (χ0v) is 14.7. The van der Waals surface area contributed by atoms with E-state index in [9.17, 15) is 14.4 Å². The molecular formula is C16H13N3O4S2. The SMILES string of the molecule is CC(=O)NNC(=O)COC(=O)c1ccc(-c2nc3ccccc3s2)s1. The van der Waals surface area contributed by atoms with Crippen molar-refractivity contribution in [2.24, 2.45) is 0 Å². The summed E-state index contributed by atoms with van der Waals surface area (Å²) >= 11 is 2.80. The summed E-state index contributed by atoms with van der Waals surface area (Å²) in [4.78, 5) is 39.9. The summed E-state index contributed by atoms with van der Waals surface area (Å²) in [6.45, 7) is 0.773. The number of nitrogens with one attached hydrogen (secondary N) is 2. The number of ether oxygens (including phenoxy) is 1. The molecular weight excluding hydrogens is 362 g/mol. The van der Waals surface area contributed by atoms with Crippen molar-refractivity contribution in [1.82, 2.24) is 15.8 Å². The van der Waals surface area contributed by atoms with E-state index in [1.54, 1.807) is 23.5 Å². The van der Waals surface area contributed by atoms with Gasteiger partial charge in [-0.3, -0.25) is 20.4 Å². The lowest BCUT2D eigenvalue weighted by atomic mass is 10.3. The molecule has 2 heterocycles. The maximum absolute atomic E-state index is 12.0. The minimum atomic E-state index is -0.619. The minimum Gasteiger partial charge on any atom is -0.451 e. The van der Waals surface area contributed by atoms with E-state index in [4.69, 9.17) is 4.74 Å². The van der Waals surface area contributed by atoms with E-state index >= 15 is 0 Å². The molecule has 2 amide bonds. The van der Waals surface area contributed by atoms with Gasteiger partial charge in [0.15, 0.2) is 6.61 Å². The van der Waals surface area contributed by atoms with Crippen LogP contribution in [-0.4, -0.2) is 29.4 Å². The standard InChI is InChI=1S/C16H13N3O4S2/c1-9(20)18-19-14(21)8-23-16(22)13-7-6-12(24-13)15-17-10-4-2-3-5-11(10)25-15/h2-7H,8H2,1H3,(H,18,20)(H,19,21). The first-order valence-corrected chi connectivity index (χ1v) is 8.84. The minimum absolute atomic E-state index is 0.376. The van der Waals surface area contributed by atoms with Gasteiger partial charge in [0, 0.05) is 6.92 Å². The number of carbonyl (C=O) groups excluding carboxylic acids is 3. The van der Waals surface area contributed by atoms with Crippen LogP contribution in [0, 0.1) is 0 Å². The van der Waals surface area contributed by atoms with Crippen LogP contribution in [0.5, 0.6) is 0 Å². The highest BCUT2D eigenvalue weighted by molar-refractivity contribution is 7.26. The molecule has 0 aliphatic rings. The summed E-state index contributed by atoms with van der Waals surface area (Å²) in [6, 6.07) is 11.2. The molecule has 25 heavy (non-hydrogen) atoms. The number of thiazole rings is 1. The molecule has 3 aromatic rings. The van der Waals surface area contributed by atoms with Crippen molar-refractivity contribution in [1.29, 1.82) is 0 Å². The first-order chi connectivity index (χ1) is 12.0. The van der Waals surface area contributed by atoms with E-state index in [0.717, 1.165) is 20.1 Å². The number of benzene rings is 1. The molecule has 0 fully saturated rings.